The standard InChI is InChI=1S/C14H12N2O4/c17-14(16-15-8-11-2-1-5-18-11)7-10-3-4-12-13(6-10)20-9-19-12/h1-6,8H,7,9H2,(H,16,17)/b15-8-. The van der Waals surface area contributed by atoms with Gasteiger partial charge in [-0.15, -0.1) is 0 Å². The molecule has 2 aromatic rings. The fourth-order valence-corrected chi connectivity index (χ4v) is 1.81. The first-order valence-electron chi connectivity index (χ1n) is 6.05. The molecule has 0 aliphatic carbocycles. The van der Waals surface area contributed by atoms with E-state index in [2.05, 4.69) is 10.5 Å². The Balaban J connectivity index is 1.56. The summed E-state index contributed by atoms with van der Waals surface area (Å²) in [7, 11) is 0. The van der Waals surface area contributed by atoms with Crippen molar-refractivity contribution >= 4 is 12.1 Å². The van der Waals surface area contributed by atoms with Crippen molar-refractivity contribution in [2.45, 2.75) is 6.42 Å². The van der Waals surface area contributed by atoms with Gasteiger partial charge in [0.2, 0.25) is 12.7 Å². The van der Waals surface area contributed by atoms with Gasteiger partial charge in [-0.2, -0.15) is 5.10 Å². The van der Waals surface area contributed by atoms with E-state index in [0.717, 1.165) is 5.56 Å². The quantitative estimate of drug-likeness (QED) is 0.679. The molecule has 20 heavy (non-hydrogen) atoms. The van der Waals surface area contributed by atoms with E-state index in [1.807, 2.05) is 6.07 Å². The highest BCUT2D eigenvalue weighted by atomic mass is 16.7. The van der Waals surface area contributed by atoms with Crippen LogP contribution in [-0.4, -0.2) is 18.9 Å². The molecule has 2 heterocycles. The second-order valence-corrected chi connectivity index (χ2v) is 4.17. The van der Waals surface area contributed by atoms with Gasteiger partial charge in [0.1, 0.15) is 5.76 Å². The van der Waals surface area contributed by atoms with Crippen molar-refractivity contribution in [1.82, 2.24) is 5.43 Å². The first-order valence-corrected chi connectivity index (χ1v) is 6.05. The minimum absolute atomic E-state index is 0.214. The van der Waals surface area contributed by atoms with E-state index in [1.54, 1.807) is 24.3 Å². The molecule has 0 fully saturated rings. The van der Waals surface area contributed by atoms with Crippen molar-refractivity contribution in [2.24, 2.45) is 5.10 Å². The first kappa shape index (κ1) is 12.3. The minimum atomic E-state index is -0.216. The van der Waals surface area contributed by atoms with E-state index in [-0.39, 0.29) is 19.1 Å². The molecule has 1 aliphatic rings. The molecule has 1 aliphatic heterocycles. The molecule has 0 atom stereocenters. The van der Waals surface area contributed by atoms with Crippen LogP contribution in [-0.2, 0) is 11.2 Å². The number of nitrogens with zero attached hydrogens (tertiary/aromatic N) is 1. The number of hydrazone groups is 1. The summed E-state index contributed by atoms with van der Waals surface area (Å²) in [5.74, 6) is 1.72. The van der Waals surface area contributed by atoms with Gasteiger partial charge < -0.3 is 13.9 Å². The summed E-state index contributed by atoms with van der Waals surface area (Å²) in [4.78, 5) is 11.7. The van der Waals surface area contributed by atoms with Crippen molar-refractivity contribution in [1.29, 1.82) is 0 Å². The summed E-state index contributed by atoms with van der Waals surface area (Å²) in [6.45, 7) is 0.221. The highest BCUT2D eigenvalue weighted by Gasteiger charge is 2.14. The van der Waals surface area contributed by atoms with Crippen molar-refractivity contribution in [2.75, 3.05) is 6.79 Å². The average molecular weight is 272 g/mol. The fraction of sp³-hybridized carbons (Fsp3) is 0.143. The van der Waals surface area contributed by atoms with E-state index in [0.29, 0.717) is 17.3 Å². The maximum atomic E-state index is 11.7. The lowest BCUT2D eigenvalue weighted by Crippen LogP contribution is -2.19. The fourth-order valence-electron chi connectivity index (χ4n) is 1.81. The molecule has 0 bridgehead atoms. The number of carbonyl (C=O) groups is 1. The molecule has 0 saturated heterocycles. The van der Waals surface area contributed by atoms with Crippen LogP contribution in [0, 0.1) is 0 Å². The Labute approximate surface area is 115 Å². The van der Waals surface area contributed by atoms with Gasteiger partial charge in [-0.05, 0) is 29.8 Å². The van der Waals surface area contributed by atoms with Crippen LogP contribution in [0.3, 0.4) is 0 Å². The minimum Gasteiger partial charge on any atom is -0.463 e. The zero-order chi connectivity index (χ0) is 13.8. The van der Waals surface area contributed by atoms with Crippen LogP contribution < -0.4 is 14.9 Å². The lowest BCUT2D eigenvalue weighted by Gasteiger charge is -2.02. The number of hydrogen-bond donors (Lipinski definition) is 1. The summed E-state index contributed by atoms with van der Waals surface area (Å²) in [6, 6.07) is 8.89. The Morgan fingerprint density at radius 1 is 1.30 bits per heavy atom. The molecule has 1 amide bonds. The number of furan rings is 1. The summed E-state index contributed by atoms with van der Waals surface area (Å²) < 4.78 is 15.5. The smallest absolute Gasteiger partial charge is 0.244 e. The predicted molar refractivity (Wildman–Crippen MR) is 70.7 cm³/mol. The molecule has 6 heteroatoms. The van der Waals surface area contributed by atoms with Crippen LogP contribution in [0.15, 0.2) is 46.1 Å². The maximum absolute atomic E-state index is 11.7. The maximum Gasteiger partial charge on any atom is 0.244 e. The number of carbonyl (C=O) groups excluding carboxylic acids is 1. The Bertz CT molecular complexity index is 635. The number of nitrogens with one attached hydrogen (secondary N) is 1. The summed E-state index contributed by atoms with van der Waals surface area (Å²) in [5, 5.41) is 3.81. The van der Waals surface area contributed by atoms with Gasteiger partial charge in [-0.3, -0.25) is 4.79 Å². The van der Waals surface area contributed by atoms with E-state index >= 15 is 0 Å². The predicted octanol–water partition coefficient (Wildman–Crippen LogP) is 1.70. The lowest BCUT2D eigenvalue weighted by molar-refractivity contribution is -0.120. The van der Waals surface area contributed by atoms with Gasteiger partial charge in [0.15, 0.2) is 11.5 Å². The molecule has 0 spiro atoms. The van der Waals surface area contributed by atoms with Crippen LogP contribution in [0.25, 0.3) is 0 Å². The molecular weight excluding hydrogens is 260 g/mol. The third kappa shape index (κ3) is 2.80. The van der Waals surface area contributed by atoms with Crippen molar-refractivity contribution in [3.05, 3.63) is 47.9 Å². The second kappa shape index (κ2) is 5.48. The van der Waals surface area contributed by atoms with Gasteiger partial charge in [0, 0.05) is 0 Å². The topological polar surface area (TPSA) is 73.1 Å². The third-order valence-corrected chi connectivity index (χ3v) is 2.73. The zero-order valence-corrected chi connectivity index (χ0v) is 10.5. The van der Waals surface area contributed by atoms with Crippen LogP contribution >= 0.6 is 0 Å². The van der Waals surface area contributed by atoms with Crippen molar-refractivity contribution < 1.29 is 18.7 Å². The Morgan fingerprint density at radius 3 is 3.05 bits per heavy atom. The highest BCUT2D eigenvalue weighted by molar-refractivity contribution is 5.81. The largest absolute Gasteiger partial charge is 0.463 e. The Morgan fingerprint density at radius 2 is 2.20 bits per heavy atom. The number of fused-ring (bicyclic) bond motifs is 1. The van der Waals surface area contributed by atoms with Gasteiger partial charge in [0.05, 0.1) is 18.9 Å². The molecular formula is C14H12N2O4. The molecule has 3 rings (SSSR count). The summed E-state index contributed by atoms with van der Waals surface area (Å²) in [5.41, 5.74) is 3.27. The molecule has 1 N–H and O–H groups in total. The zero-order valence-electron chi connectivity index (χ0n) is 10.5. The molecule has 1 aromatic carbocycles. The summed E-state index contributed by atoms with van der Waals surface area (Å²) >= 11 is 0. The van der Waals surface area contributed by atoms with Crippen LogP contribution in [0.1, 0.15) is 11.3 Å². The molecule has 6 nitrogen and oxygen atoms in total. The molecule has 102 valence electrons. The molecule has 0 radical (unpaired) electrons. The van der Waals surface area contributed by atoms with Gasteiger partial charge in [0.25, 0.3) is 0 Å². The highest BCUT2D eigenvalue weighted by Crippen LogP contribution is 2.32. The monoisotopic (exact) mass is 272 g/mol. The van der Waals surface area contributed by atoms with Gasteiger partial charge in [-0.25, -0.2) is 5.43 Å². The number of ether oxygens (including phenoxy) is 2. The molecule has 0 unspecified atom stereocenters. The number of benzene rings is 1. The lowest BCUT2D eigenvalue weighted by atomic mass is 10.1. The van der Waals surface area contributed by atoms with E-state index in [1.165, 1.54) is 12.5 Å². The van der Waals surface area contributed by atoms with Crippen molar-refractivity contribution in [3.63, 3.8) is 0 Å². The second-order valence-electron chi connectivity index (χ2n) is 4.17. The van der Waals surface area contributed by atoms with E-state index in [4.69, 9.17) is 13.9 Å². The first-order chi connectivity index (χ1) is 9.81. The van der Waals surface area contributed by atoms with Gasteiger partial charge >= 0.3 is 0 Å². The number of hydrogen-bond acceptors (Lipinski definition) is 5. The van der Waals surface area contributed by atoms with E-state index in [9.17, 15) is 4.79 Å². The van der Waals surface area contributed by atoms with Crippen LogP contribution in [0.4, 0.5) is 0 Å². The molecule has 0 saturated carbocycles. The van der Waals surface area contributed by atoms with Crippen LogP contribution in [0.5, 0.6) is 11.5 Å². The third-order valence-electron chi connectivity index (χ3n) is 2.73. The normalized spacial score (nSPS) is 12.8. The summed E-state index contributed by atoms with van der Waals surface area (Å²) in [6.07, 6.45) is 3.19. The van der Waals surface area contributed by atoms with Crippen LogP contribution in [0.2, 0.25) is 0 Å². The SMILES string of the molecule is O=C(Cc1ccc2c(c1)OCO2)N/N=C\c1ccco1. The Hall–Kier alpha value is -2.76. The number of rotatable bonds is 4. The van der Waals surface area contributed by atoms with Crippen molar-refractivity contribution in [3.8, 4) is 11.5 Å². The molecule has 1 aromatic heterocycles. The average Bonchev–Trinajstić information content (AvgIpc) is 3.08. The Kier molecular flexibility index (Phi) is 3.36. The van der Waals surface area contributed by atoms with E-state index < -0.39 is 0 Å². The van der Waals surface area contributed by atoms with Gasteiger partial charge in [-0.1, -0.05) is 6.07 Å². The number of amides is 1.